The summed E-state index contributed by atoms with van der Waals surface area (Å²) in [4.78, 5) is 24.6. The van der Waals surface area contributed by atoms with Crippen molar-refractivity contribution in [1.29, 1.82) is 0 Å². The van der Waals surface area contributed by atoms with Crippen LogP contribution in [0.2, 0.25) is 0 Å². The summed E-state index contributed by atoms with van der Waals surface area (Å²) in [7, 11) is 0. The van der Waals surface area contributed by atoms with Gasteiger partial charge in [-0.3, -0.25) is 19.9 Å². The van der Waals surface area contributed by atoms with Crippen molar-refractivity contribution in [2.75, 3.05) is 0 Å². The van der Waals surface area contributed by atoms with Crippen molar-refractivity contribution in [3.8, 4) is 0 Å². The Kier molecular flexibility index (Phi) is 11.7. The predicted octanol–water partition coefficient (Wildman–Crippen LogP) is 9.36. The first-order valence-corrected chi connectivity index (χ1v) is 15.9. The molecule has 0 unspecified atom stereocenters. The first-order valence-electron chi connectivity index (χ1n) is 15.9. The van der Waals surface area contributed by atoms with Crippen molar-refractivity contribution >= 4 is 54.5 Å². The van der Waals surface area contributed by atoms with Crippen LogP contribution in [0.1, 0.15) is 0 Å². The minimum atomic E-state index is 0.810. The fourth-order valence-electron chi connectivity index (χ4n) is 4.80. The molecular weight excluding hydrogens is 617 g/mol. The maximum atomic E-state index is 4.18. The molecule has 6 aromatic heterocycles. The topological polar surface area (TPSA) is 103 Å². The van der Waals surface area contributed by atoms with Gasteiger partial charge in [0, 0.05) is 64.9 Å². The molecule has 0 fully saturated rings. The summed E-state index contributed by atoms with van der Waals surface area (Å²) in [6.45, 7) is 0. The van der Waals surface area contributed by atoms with Gasteiger partial charge >= 0.3 is 0 Å². The molecule has 0 aliphatic rings. The van der Waals surface area contributed by atoms with Crippen LogP contribution in [0, 0.1) is 0 Å². The SMILES string of the molecule is c1ccc2cnccc2c1.c1ccc2cnncc2c1.c1ccc2ncccc2c1.c1ccc2nccnc2c1.c1cnc2ncccc2c1. The van der Waals surface area contributed by atoms with Gasteiger partial charge in [-0.05, 0) is 65.4 Å². The number of hydrogen-bond donors (Lipinski definition) is 0. The molecule has 0 radical (unpaired) electrons. The van der Waals surface area contributed by atoms with Crippen LogP contribution in [0.25, 0.3) is 54.5 Å². The summed E-state index contributed by atoms with van der Waals surface area (Å²) in [6.07, 6.45) is 15.9. The quantitative estimate of drug-likeness (QED) is 0.160. The molecule has 50 heavy (non-hydrogen) atoms. The predicted molar refractivity (Wildman–Crippen MR) is 202 cm³/mol. The third kappa shape index (κ3) is 9.49. The van der Waals surface area contributed by atoms with E-state index in [1.807, 2.05) is 134 Å². The highest BCUT2D eigenvalue weighted by molar-refractivity contribution is 5.81. The molecule has 0 saturated heterocycles. The lowest BCUT2D eigenvalue weighted by atomic mass is 10.2. The summed E-state index contributed by atoms with van der Waals surface area (Å²) in [5, 5.41) is 14.5. The molecule has 240 valence electrons. The summed E-state index contributed by atoms with van der Waals surface area (Å²) in [6, 6.07) is 45.9. The van der Waals surface area contributed by atoms with E-state index in [9.17, 15) is 0 Å². The van der Waals surface area contributed by atoms with Crippen LogP contribution in [0.4, 0.5) is 0 Å². The van der Waals surface area contributed by atoms with E-state index in [4.69, 9.17) is 0 Å². The van der Waals surface area contributed by atoms with Gasteiger partial charge in [0.15, 0.2) is 5.65 Å². The molecule has 0 spiro atoms. The van der Waals surface area contributed by atoms with E-state index >= 15 is 0 Å². The normalized spacial score (nSPS) is 10.0. The Morgan fingerprint density at radius 3 is 1.22 bits per heavy atom. The third-order valence-electron chi connectivity index (χ3n) is 7.27. The maximum absolute atomic E-state index is 4.18. The van der Waals surface area contributed by atoms with E-state index in [0.717, 1.165) is 38.4 Å². The van der Waals surface area contributed by atoms with Crippen LogP contribution in [-0.2, 0) is 0 Å². The molecule has 0 aliphatic carbocycles. The second-order valence-corrected chi connectivity index (χ2v) is 10.6. The Balaban J connectivity index is 0.000000108. The lowest BCUT2D eigenvalue weighted by Crippen LogP contribution is -1.78. The van der Waals surface area contributed by atoms with Crippen LogP contribution < -0.4 is 0 Å². The number of rotatable bonds is 0. The van der Waals surface area contributed by atoms with Crippen LogP contribution in [0.5, 0.6) is 0 Å². The van der Waals surface area contributed by atoms with Crippen molar-refractivity contribution < 1.29 is 0 Å². The highest BCUT2D eigenvalue weighted by atomic mass is 15.1. The zero-order valence-corrected chi connectivity index (χ0v) is 27.1. The molecule has 0 saturated carbocycles. The lowest BCUT2D eigenvalue weighted by Gasteiger charge is -1.91. The van der Waals surface area contributed by atoms with Crippen molar-refractivity contribution in [2.45, 2.75) is 0 Å². The molecule has 0 amide bonds. The number of fused-ring (bicyclic) bond motifs is 5. The number of para-hydroxylation sites is 3. The van der Waals surface area contributed by atoms with Crippen molar-refractivity contribution in [2.24, 2.45) is 0 Å². The number of pyridine rings is 4. The zero-order chi connectivity index (χ0) is 34.1. The van der Waals surface area contributed by atoms with E-state index in [1.54, 1.807) is 37.2 Å². The Morgan fingerprint density at radius 1 is 0.260 bits per heavy atom. The van der Waals surface area contributed by atoms with Gasteiger partial charge in [0.2, 0.25) is 0 Å². The largest absolute Gasteiger partial charge is 0.264 e. The second-order valence-electron chi connectivity index (χ2n) is 10.6. The molecular formula is C42H32N8. The van der Waals surface area contributed by atoms with E-state index in [1.165, 1.54) is 16.2 Å². The molecule has 10 rings (SSSR count). The third-order valence-corrected chi connectivity index (χ3v) is 7.27. The van der Waals surface area contributed by atoms with E-state index in [0.29, 0.717) is 0 Å². The molecule has 0 bridgehead atoms. The van der Waals surface area contributed by atoms with E-state index < -0.39 is 0 Å². The van der Waals surface area contributed by atoms with Gasteiger partial charge in [0.25, 0.3) is 0 Å². The molecule has 0 atom stereocenters. The van der Waals surface area contributed by atoms with Crippen molar-refractivity contribution in [3.63, 3.8) is 0 Å². The van der Waals surface area contributed by atoms with Crippen molar-refractivity contribution in [3.05, 3.63) is 195 Å². The van der Waals surface area contributed by atoms with Crippen LogP contribution in [0.15, 0.2) is 195 Å². The molecule has 4 aromatic carbocycles. The summed E-state index contributed by atoms with van der Waals surface area (Å²) < 4.78 is 0. The Morgan fingerprint density at radius 2 is 0.680 bits per heavy atom. The van der Waals surface area contributed by atoms with Crippen LogP contribution >= 0.6 is 0 Å². The van der Waals surface area contributed by atoms with Gasteiger partial charge in [-0.15, -0.1) is 0 Å². The number of hydrogen-bond acceptors (Lipinski definition) is 8. The standard InChI is InChI=1S/2C9H7N.3C8H6N2/c1-2-6-9-8(4-1)5-3-7-10-9;1-2-4-9-7-10-6-5-8(9)3-1;1-3-7-4-2-6-10-8(7)9-5-1;1-2-4-8-6-10-9-5-7(8)3-1;1-2-4-8-7(3-1)9-5-6-10-8/h2*1-7H;3*1-6H. The summed E-state index contributed by atoms with van der Waals surface area (Å²) in [5.74, 6) is 0. The molecule has 8 heteroatoms. The first kappa shape index (κ1) is 32.9. The average molecular weight is 649 g/mol. The smallest absolute Gasteiger partial charge is 0.159 e. The highest BCUT2D eigenvalue weighted by Gasteiger charge is 1.91. The van der Waals surface area contributed by atoms with Gasteiger partial charge in [0.05, 0.1) is 28.9 Å². The molecule has 6 heterocycles. The monoisotopic (exact) mass is 648 g/mol. The van der Waals surface area contributed by atoms with Gasteiger partial charge in [-0.25, -0.2) is 9.97 Å². The van der Waals surface area contributed by atoms with E-state index in [-0.39, 0.29) is 0 Å². The Bertz CT molecular complexity index is 1800. The zero-order valence-electron chi connectivity index (χ0n) is 27.1. The first-order chi connectivity index (χ1) is 24.8. The lowest BCUT2D eigenvalue weighted by molar-refractivity contribution is 1.05. The minimum absolute atomic E-state index is 0.810. The van der Waals surface area contributed by atoms with Crippen LogP contribution in [-0.4, -0.2) is 40.1 Å². The van der Waals surface area contributed by atoms with Gasteiger partial charge < -0.3 is 0 Å². The van der Waals surface area contributed by atoms with Gasteiger partial charge in [-0.1, -0.05) is 84.9 Å². The molecule has 8 nitrogen and oxygen atoms in total. The Labute approximate surface area is 289 Å². The minimum Gasteiger partial charge on any atom is -0.264 e. The highest BCUT2D eigenvalue weighted by Crippen LogP contribution is 2.11. The Hall–Kier alpha value is -7.06. The number of nitrogens with zero attached hydrogens (tertiary/aromatic N) is 8. The van der Waals surface area contributed by atoms with Gasteiger partial charge in [-0.2, -0.15) is 10.2 Å². The molecule has 0 aliphatic heterocycles. The number of benzene rings is 4. The summed E-state index contributed by atoms with van der Waals surface area (Å²) >= 11 is 0. The second kappa shape index (κ2) is 17.7. The maximum Gasteiger partial charge on any atom is 0.159 e. The van der Waals surface area contributed by atoms with Crippen molar-refractivity contribution in [1.82, 2.24) is 40.1 Å². The molecule has 0 N–H and O–H groups in total. The summed E-state index contributed by atoms with van der Waals surface area (Å²) in [5.41, 5.74) is 3.77. The molecule has 10 aromatic rings. The average Bonchev–Trinajstić information content (AvgIpc) is 3.22. The number of aromatic nitrogens is 8. The fraction of sp³-hybridized carbons (Fsp3) is 0. The van der Waals surface area contributed by atoms with E-state index in [2.05, 4.69) is 64.4 Å². The fourth-order valence-corrected chi connectivity index (χ4v) is 4.80. The van der Waals surface area contributed by atoms with Gasteiger partial charge in [0.1, 0.15) is 0 Å². The van der Waals surface area contributed by atoms with Crippen LogP contribution in [0.3, 0.4) is 0 Å².